The zero-order chi connectivity index (χ0) is 2.71. The lowest BCUT2D eigenvalue weighted by atomic mass is 11.3. The molecule has 0 saturated carbocycles. The predicted octanol–water partition coefficient (Wildman–Crippen LogP) is -1.45. The Bertz CT molecular complexity index is 7.61. The Labute approximate surface area is 37.6 Å². The van der Waals surface area contributed by atoms with Gasteiger partial charge in [-0.25, -0.2) is 0 Å². The highest BCUT2D eigenvalue weighted by Crippen LogP contribution is 0.981. The molecule has 0 aliphatic heterocycles. The van der Waals surface area contributed by atoms with E-state index < -0.39 is 0 Å². The number of rotatable bonds is 0. The van der Waals surface area contributed by atoms with Gasteiger partial charge in [-0.3, -0.25) is 0 Å². The third-order valence-electron chi connectivity index (χ3n) is 0. The van der Waals surface area contributed by atoms with Crippen molar-refractivity contribution in [3.8, 4) is 0 Å². The van der Waals surface area contributed by atoms with Crippen LogP contribution in [-0.4, -0.2) is 25.1 Å². The van der Waals surface area contributed by atoms with Gasteiger partial charge in [0.2, 0.25) is 0 Å². The normalized spacial score (nSPS) is 3.60. The van der Waals surface area contributed by atoms with Crippen LogP contribution in [0.2, 0.25) is 0 Å². The largest absolute Gasteiger partial charge is 0.344 e. The van der Waals surface area contributed by atoms with Gasteiger partial charge in [-0.2, -0.15) is 0 Å². The van der Waals surface area contributed by atoms with E-state index in [1.807, 2.05) is 14.1 Å². The van der Waals surface area contributed by atoms with Gasteiger partial charge in [0, 0.05) is 0 Å². The van der Waals surface area contributed by atoms with Gasteiger partial charge in [0.15, 0.2) is 0 Å². The molecule has 0 saturated heterocycles. The summed E-state index contributed by atoms with van der Waals surface area (Å²) in [5.74, 6) is 0. The van der Waals surface area contributed by atoms with E-state index >= 15 is 0 Å². The lowest BCUT2D eigenvalue weighted by molar-refractivity contribution is 1.02. The molecule has 2 nitrogen and oxygen atoms in total. The highest BCUT2D eigenvalue weighted by atomic mass is 28.1. The summed E-state index contributed by atoms with van der Waals surface area (Å²) < 4.78 is 0. The lowest BCUT2D eigenvalue weighted by Gasteiger charge is -1.59. The van der Waals surface area contributed by atoms with Gasteiger partial charge >= 0.3 is 0 Å². The van der Waals surface area contributed by atoms with Gasteiger partial charge in [0.1, 0.15) is 0 Å². The topological polar surface area (TPSA) is 47.0 Å². The van der Waals surface area contributed by atoms with E-state index in [0.29, 0.717) is 0 Å². The molecule has 0 aliphatic carbocycles. The van der Waals surface area contributed by atoms with Crippen LogP contribution in [0.5, 0.6) is 0 Å². The van der Waals surface area contributed by atoms with Crippen LogP contribution in [0.25, 0.3) is 0 Å². The van der Waals surface area contributed by atoms with E-state index in [4.69, 9.17) is 0 Å². The van der Waals surface area contributed by atoms with E-state index in [0.717, 1.165) is 0 Å². The Morgan fingerprint density at radius 3 is 1.20 bits per heavy atom. The molecule has 5 heavy (non-hydrogen) atoms. The summed E-state index contributed by atoms with van der Waals surface area (Å²) in [7, 11) is 3.75. The molecule has 0 bridgehead atoms. The maximum absolute atomic E-state index is 2.75. The van der Waals surface area contributed by atoms with Crippen LogP contribution in [0.3, 0.4) is 0 Å². The zero-order valence-electron chi connectivity index (χ0n) is 3.21. The summed E-state index contributed by atoms with van der Waals surface area (Å²) in [5.41, 5.74) is 0. The summed E-state index contributed by atoms with van der Waals surface area (Å²) in [5, 5.41) is 2.75. The molecule has 0 unspecified atom stereocenters. The Kier molecular flexibility index (Phi) is 121. The Balaban J connectivity index is -0.0000000200. The van der Waals surface area contributed by atoms with E-state index in [1.165, 1.54) is 0 Å². The molecular formula is C2H14N2Si. The fraction of sp³-hybridized carbons (Fsp3) is 1.00. The second kappa shape index (κ2) is 31.5. The van der Waals surface area contributed by atoms with Crippen molar-refractivity contribution < 1.29 is 0 Å². The molecule has 0 aromatic heterocycles. The van der Waals surface area contributed by atoms with Gasteiger partial charge in [0.05, 0.1) is 0 Å². The molecule has 0 aromatic rings. The molecule has 3 heteroatoms. The van der Waals surface area contributed by atoms with Crippen LogP contribution in [-0.2, 0) is 0 Å². The van der Waals surface area contributed by atoms with Crippen LogP contribution >= 0.6 is 0 Å². The molecule has 0 aliphatic rings. The van der Waals surface area contributed by atoms with Crippen molar-refractivity contribution in [2.45, 2.75) is 0 Å². The monoisotopic (exact) mass is 94.1 g/mol. The van der Waals surface area contributed by atoms with Crippen molar-refractivity contribution in [1.82, 2.24) is 11.5 Å². The van der Waals surface area contributed by atoms with Crippen molar-refractivity contribution in [1.29, 1.82) is 0 Å². The van der Waals surface area contributed by atoms with Crippen LogP contribution in [0.4, 0.5) is 0 Å². The molecule has 4 N–H and O–H groups in total. The third-order valence-corrected chi connectivity index (χ3v) is 0. The zero-order valence-corrected chi connectivity index (χ0v) is 3.21. The average molecular weight is 94.2 g/mol. The van der Waals surface area contributed by atoms with Crippen LogP contribution in [0.1, 0.15) is 0 Å². The Hall–Kier alpha value is 0.137. The third kappa shape index (κ3) is 1010. The molecule has 0 aromatic carbocycles. The van der Waals surface area contributed by atoms with E-state index in [9.17, 15) is 0 Å². The molecule has 36 valence electrons. The van der Waals surface area contributed by atoms with E-state index in [1.54, 1.807) is 0 Å². The highest BCUT2D eigenvalue weighted by molar-refractivity contribution is 5.75. The van der Waals surface area contributed by atoms with E-state index in [-0.39, 0.29) is 17.1 Å². The van der Waals surface area contributed by atoms with Crippen LogP contribution in [0.15, 0.2) is 0 Å². The standard InChI is InChI=1S/C2H7N.H3N.H4Si/c1-3-2;;/h3H,1-2H3;1H3;1H4. The smallest absolute Gasteiger partial charge is 0.0149 e. The fourth-order valence-corrected chi connectivity index (χ4v) is 0. The van der Waals surface area contributed by atoms with Crippen LogP contribution in [0, 0.1) is 0 Å². The minimum absolute atomic E-state index is 0. The second-order valence-electron chi connectivity index (χ2n) is 0.500. The first kappa shape index (κ1) is 19.3. The van der Waals surface area contributed by atoms with Gasteiger partial charge in [-0.05, 0) is 25.1 Å². The first-order valence-electron chi connectivity index (χ1n) is 1.00. The molecule has 0 radical (unpaired) electrons. The highest BCUT2D eigenvalue weighted by Gasteiger charge is 1.25. The van der Waals surface area contributed by atoms with Gasteiger partial charge < -0.3 is 11.5 Å². The molecule has 0 atom stereocenters. The summed E-state index contributed by atoms with van der Waals surface area (Å²) in [6.45, 7) is 0. The lowest BCUT2D eigenvalue weighted by Crippen LogP contribution is -1.89. The summed E-state index contributed by atoms with van der Waals surface area (Å²) in [4.78, 5) is 0. The van der Waals surface area contributed by atoms with Gasteiger partial charge in [-0.1, -0.05) is 0 Å². The summed E-state index contributed by atoms with van der Waals surface area (Å²) in [6.07, 6.45) is 0. The number of hydrogen-bond acceptors (Lipinski definition) is 2. The summed E-state index contributed by atoms with van der Waals surface area (Å²) in [6, 6.07) is 0. The van der Waals surface area contributed by atoms with Crippen molar-refractivity contribution in [2.24, 2.45) is 0 Å². The SMILES string of the molecule is CNC.N.[SiH4]. The first-order valence-corrected chi connectivity index (χ1v) is 1.00. The van der Waals surface area contributed by atoms with Crippen molar-refractivity contribution in [2.75, 3.05) is 14.1 Å². The predicted molar refractivity (Wildman–Crippen MR) is 31.3 cm³/mol. The molecular weight excluding hydrogens is 80.1 g/mol. The minimum Gasteiger partial charge on any atom is -0.344 e. The van der Waals surface area contributed by atoms with Crippen LogP contribution < -0.4 is 11.5 Å². The fourth-order valence-electron chi connectivity index (χ4n) is 0. The maximum atomic E-state index is 2.75. The van der Waals surface area contributed by atoms with Crippen molar-refractivity contribution in [3.63, 3.8) is 0 Å². The minimum atomic E-state index is 0. The quantitative estimate of drug-likeness (QED) is 0.361. The molecule has 0 heterocycles. The van der Waals surface area contributed by atoms with Crippen molar-refractivity contribution in [3.05, 3.63) is 0 Å². The first-order chi connectivity index (χ1) is 1.41. The maximum Gasteiger partial charge on any atom is -0.0149 e. The second-order valence-corrected chi connectivity index (χ2v) is 0.500. The Morgan fingerprint density at radius 1 is 1.20 bits per heavy atom. The molecule has 0 spiro atoms. The van der Waals surface area contributed by atoms with E-state index in [2.05, 4.69) is 5.32 Å². The Morgan fingerprint density at radius 2 is 1.20 bits per heavy atom. The molecule has 0 fully saturated rings. The molecule has 0 amide bonds. The number of nitrogens with one attached hydrogen (secondary N) is 1. The molecule has 0 rings (SSSR count). The van der Waals surface area contributed by atoms with Gasteiger partial charge in [0.25, 0.3) is 0 Å². The average Bonchev–Trinajstić information content (AvgIpc) is 0.918. The summed E-state index contributed by atoms with van der Waals surface area (Å²) >= 11 is 0. The van der Waals surface area contributed by atoms with Gasteiger partial charge in [-0.15, -0.1) is 0 Å². The van der Waals surface area contributed by atoms with Crippen molar-refractivity contribution >= 4 is 11.0 Å². The number of hydrogen-bond donors (Lipinski definition) is 2.